The summed E-state index contributed by atoms with van der Waals surface area (Å²) in [7, 11) is 0. The third-order valence-corrected chi connectivity index (χ3v) is 1.96. The Morgan fingerprint density at radius 3 is 2.86 bits per heavy atom. The third-order valence-electron chi connectivity index (χ3n) is 0.854. The molecule has 0 aliphatic carbocycles. The fraction of sp³-hybridized carbons (Fsp3) is 0.750. The van der Waals surface area contributed by atoms with Gasteiger partial charge in [-0.1, -0.05) is 24.2 Å². The normalized spacial score (nSPS) is 22.6. The molecule has 1 aliphatic rings. The second-order valence-electron chi connectivity index (χ2n) is 1.46. The molecule has 1 N–H and O–H groups in total. The first kappa shape index (κ1) is 5.54. The van der Waals surface area contributed by atoms with Crippen LogP contribution in [0.2, 0.25) is 0 Å². The summed E-state index contributed by atoms with van der Waals surface area (Å²) in [5, 5.41) is 0. The van der Waals surface area contributed by atoms with Gasteiger partial charge in [-0.2, -0.15) is 0 Å². The van der Waals surface area contributed by atoms with E-state index in [2.05, 4.69) is 4.72 Å². The van der Waals surface area contributed by atoms with Crippen LogP contribution in [-0.4, -0.2) is 17.2 Å². The summed E-state index contributed by atoms with van der Waals surface area (Å²) in [6, 6.07) is 0. The van der Waals surface area contributed by atoms with Gasteiger partial charge in [-0.15, -0.1) is 0 Å². The monoisotopic (exact) mass is 133 g/mol. The molecule has 1 nitrogen and oxygen atoms in total. The number of hydrogen-bond acceptors (Lipinski definition) is 3. The maximum atomic E-state index is 4.93. The summed E-state index contributed by atoms with van der Waals surface area (Å²) >= 11 is 6.69. The van der Waals surface area contributed by atoms with E-state index in [0.29, 0.717) is 0 Å². The van der Waals surface area contributed by atoms with E-state index in [1.165, 1.54) is 4.86 Å². The van der Waals surface area contributed by atoms with Crippen LogP contribution in [0.1, 0.15) is 6.42 Å². The van der Waals surface area contributed by atoms with Gasteiger partial charge in [0.05, 0.1) is 0 Å². The maximum Gasteiger partial charge on any atom is 0.0373 e. The van der Waals surface area contributed by atoms with Gasteiger partial charge in [-0.05, 0) is 6.42 Å². The van der Waals surface area contributed by atoms with Gasteiger partial charge in [0.15, 0.2) is 0 Å². The zero-order valence-corrected chi connectivity index (χ0v) is 5.57. The molecule has 1 aliphatic heterocycles. The second kappa shape index (κ2) is 2.64. The Kier molecular flexibility index (Phi) is 2.09. The highest BCUT2D eigenvalue weighted by molar-refractivity contribution is 7.97. The van der Waals surface area contributed by atoms with E-state index in [0.717, 1.165) is 18.7 Å². The Morgan fingerprint density at radius 1 is 1.71 bits per heavy atom. The molecule has 1 rings (SSSR count). The predicted molar refractivity (Wildman–Crippen MR) is 37.7 cm³/mol. The van der Waals surface area contributed by atoms with E-state index in [1.54, 1.807) is 11.9 Å². The highest BCUT2D eigenvalue weighted by Gasteiger charge is 2.01. The van der Waals surface area contributed by atoms with Gasteiger partial charge in [0.1, 0.15) is 0 Å². The van der Waals surface area contributed by atoms with Crippen LogP contribution in [-0.2, 0) is 0 Å². The summed E-state index contributed by atoms with van der Waals surface area (Å²) in [5.41, 5.74) is 0. The minimum absolute atomic E-state index is 0.931. The predicted octanol–water partition coefficient (Wildman–Crippen LogP) is 0.998. The highest BCUT2D eigenvalue weighted by Crippen LogP contribution is 2.03. The zero-order chi connectivity index (χ0) is 5.11. The molecule has 0 radical (unpaired) electrons. The standard InChI is InChI=1S/C4H7NS2/c6-4-1-2-7-5-3-4/h5H,1-3H2. The van der Waals surface area contributed by atoms with Crippen molar-refractivity contribution in [2.24, 2.45) is 0 Å². The quantitative estimate of drug-likeness (QED) is 0.391. The van der Waals surface area contributed by atoms with E-state index in [4.69, 9.17) is 12.2 Å². The van der Waals surface area contributed by atoms with Gasteiger partial charge in [0.2, 0.25) is 0 Å². The fourth-order valence-electron chi connectivity index (χ4n) is 0.457. The van der Waals surface area contributed by atoms with E-state index < -0.39 is 0 Å². The molecule has 7 heavy (non-hydrogen) atoms. The Hall–Kier alpha value is 0.400. The highest BCUT2D eigenvalue weighted by atomic mass is 32.2. The molecule has 0 spiro atoms. The molecule has 0 aromatic heterocycles. The van der Waals surface area contributed by atoms with Gasteiger partial charge in [-0.25, -0.2) is 0 Å². The van der Waals surface area contributed by atoms with Crippen molar-refractivity contribution < 1.29 is 0 Å². The van der Waals surface area contributed by atoms with Crippen LogP contribution in [0.15, 0.2) is 0 Å². The zero-order valence-electron chi connectivity index (χ0n) is 3.94. The molecule has 0 bridgehead atoms. The molecule has 40 valence electrons. The molecule has 3 heteroatoms. The van der Waals surface area contributed by atoms with Gasteiger partial charge >= 0.3 is 0 Å². The first-order chi connectivity index (χ1) is 3.39. The van der Waals surface area contributed by atoms with Crippen molar-refractivity contribution in [2.45, 2.75) is 6.42 Å². The molecular formula is C4H7NS2. The van der Waals surface area contributed by atoms with E-state index in [1.807, 2.05) is 0 Å². The van der Waals surface area contributed by atoms with E-state index >= 15 is 0 Å². The first-order valence-electron chi connectivity index (χ1n) is 2.26. The van der Waals surface area contributed by atoms with Gasteiger partial charge in [-0.3, -0.25) is 4.72 Å². The number of rotatable bonds is 0. The van der Waals surface area contributed by atoms with Crippen LogP contribution in [0.4, 0.5) is 0 Å². The lowest BCUT2D eigenvalue weighted by atomic mass is 10.3. The first-order valence-corrected chi connectivity index (χ1v) is 3.65. The molecule has 0 aromatic rings. The van der Waals surface area contributed by atoms with Crippen molar-refractivity contribution in [3.63, 3.8) is 0 Å². The Balaban J connectivity index is 2.25. The van der Waals surface area contributed by atoms with Crippen molar-refractivity contribution in [3.8, 4) is 0 Å². The molecule has 1 saturated heterocycles. The average molecular weight is 133 g/mol. The lowest BCUT2D eigenvalue weighted by Gasteiger charge is -2.09. The SMILES string of the molecule is S=C1CCSNC1. The van der Waals surface area contributed by atoms with Gasteiger partial charge in [0, 0.05) is 17.2 Å². The number of hydrogen-bond donors (Lipinski definition) is 1. The minimum atomic E-state index is 0.931. The molecule has 0 amide bonds. The van der Waals surface area contributed by atoms with Crippen molar-refractivity contribution in [1.82, 2.24) is 4.72 Å². The molecule has 1 fully saturated rings. The summed E-state index contributed by atoms with van der Waals surface area (Å²) in [4.78, 5) is 1.17. The van der Waals surface area contributed by atoms with E-state index in [-0.39, 0.29) is 0 Å². The van der Waals surface area contributed by atoms with Crippen LogP contribution in [0, 0.1) is 0 Å². The smallest absolute Gasteiger partial charge is 0.0373 e. The Morgan fingerprint density at radius 2 is 2.57 bits per heavy atom. The lowest BCUT2D eigenvalue weighted by Crippen LogP contribution is -2.21. The number of nitrogens with one attached hydrogen (secondary N) is 1. The molecule has 0 atom stereocenters. The minimum Gasteiger partial charge on any atom is -0.259 e. The summed E-state index contributed by atoms with van der Waals surface area (Å²) in [5.74, 6) is 1.15. The van der Waals surface area contributed by atoms with Crippen LogP contribution >= 0.6 is 24.2 Å². The lowest BCUT2D eigenvalue weighted by molar-refractivity contribution is 1.10. The fourth-order valence-corrected chi connectivity index (χ4v) is 1.62. The average Bonchev–Trinajstić information content (AvgIpc) is 1.69. The third kappa shape index (κ3) is 1.76. The van der Waals surface area contributed by atoms with E-state index in [9.17, 15) is 0 Å². The second-order valence-corrected chi connectivity index (χ2v) is 3.02. The molecule has 0 unspecified atom stereocenters. The van der Waals surface area contributed by atoms with Crippen LogP contribution < -0.4 is 4.72 Å². The van der Waals surface area contributed by atoms with Crippen molar-refractivity contribution >= 4 is 29.0 Å². The van der Waals surface area contributed by atoms with Crippen molar-refractivity contribution in [1.29, 1.82) is 0 Å². The largest absolute Gasteiger partial charge is 0.259 e. The maximum absolute atomic E-state index is 4.93. The Labute approximate surface area is 53.0 Å². The van der Waals surface area contributed by atoms with Gasteiger partial charge < -0.3 is 0 Å². The molecule has 0 saturated carbocycles. The van der Waals surface area contributed by atoms with Crippen molar-refractivity contribution in [2.75, 3.05) is 12.3 Å². The number of thiocarbonyl (C=S) groups is 1. The molecule has 0 aromatic carbocycles. The van der Waals surface area contributed by atoms with Crippen LogP contribution in [0.5, 0.6) is 0 Å². The van der Waals surface area contributed by atoms with Crippen LogP contribution in [0.25, 0.3) is 0 Å². The molecular weight excluding hydrogens is 126 g/mol. The van der Waals surface area contributed by atoms with Crippen LogP contribution in [0.3, 0.4) is 0 Å². The van der Waals surface area contributed by atoms with Crippen molar-refractivity contribution in [3.05, 3.63) is 0 Å². The summed E-state index contributed by atoms with van der Waals surface area (Å²) in [6.07, 6.45) is 1.12. The van der Waals surface area contributed by atoms with Gasteiger partial charge in [0.25, 0.3) is 0 Å². The Bertz CT molecular complexity index is 73.8. The molecule has 1 heterocycles. The summed E-state index contributed by atoms with van der Waals surface area (Å²) < 4.78 is 3.11. The summed E-state index contributed by atoms with van der Waals surface area (Å²) in [6.45, 7) is 0.931. The topological polar surface area (TPSA) is 12.0 Å².